The number of carbonyl (C=O) groups excluding carboxylic acids is 2. The molecule has 21 heavy (non-hydrogen) atoms. The fraction of sp³-hybridized carbons (Fsp3) is 0.500. The number of hydrogen-bond acceptors (Lipinski definition) is 3. The Morgan fingerprint density at radius 3 is 2.81 bits per heavy atom. The molecule has 2 aliphatic heterocycles. The van der Waals surface area contributed by atoms with E-state index in [0.29, 0.717) is 18.8 Å². The lowest BCUT2D eigenvalue weighted by atomic mass is 9.99. The summed E-state index contributed by atoms with van der Waals surface area (Å²) in [5, 5.41) is 0. The number of fused-ring (bicyclic) bond motifs is 1. The smallest absolute Gasteiger partial charge is 0.246 e. The summed E-state index contributed by atoms with van der Waals surface area (Å²) in [6.07, 6.45) is 1.37. The molecule has 1 fully saturated rings. The first-order valence-electron chi connectivity index (χ1n) is 7.43. The van der Waals surface area contributed by atoms with E-state index in [4.69, 9.17) is 0 Å². The van der Waals surface area contributed by atoms with E-state index in [0.717, 1.165) is 18.7 Å². The van der Waals surface area contributed by atoms with Gasteiger partial charge in [0.25, 0.3) is 0 Å². The van der Waals surface area contributed by atoms with E-state index in [1.54, 1.807) is 16.7 Å². The Kier molecular flexibility index (Phi) is 4.19. The molecule has 0 unspecified atom stereocenters. The molecule has 1 saturated heterocycles. The van der Waals surface area contributed by atoms with Crippen LogP contribution >= 0.6 is 11.8 Å². The molecule has 112 valence electrons. The van der Waals surface area contributed by atoms with Crippen molar-refractivity contribution in [2.75, 3.05) is 18.2 Å². The molecule has 0 aromatic heterocycles. The Morgan fingerprint density at radius 1 is 1.29 bits per heavy atom. The summed E-state index contributed by atoms with van der Waals surface area (Å²) < 4.78 is 0. The second kappa shape index (κ2) is 6.10. The van der Waals surface area contributed by atoms with E-state index >= 15 is 0 Å². The summed E-state index contributed by atoms with van der Waals surface area (Å²) >= 11 is 1.67. The predicted molar refractivity (Wildman–Crippen MR) is 83.8 cm³/mol. The first-order chi connectivity index (χ1) is 10.2. The van der Waals surface area contributed by atoms with Crippen LogP contribution in [0.5, 0.6) is 0 Å². The minimum atomic E-state index is -0.271. The molecule has 0 spiro atoms. The van der Waals surface area contributed by atoms with Crippen molar-refractivity contribution in [2.45, 2.75) is 32.4 Å². The SMILES string of the molecule is CCC(=O)N1CSC[C@@H]1C(=O)N1CCc2ccccc2C1. The highest BCUT2D eigenvalue weighted by molar-refractivity contribution is 7.99. The van der Waals surface area contributed by atoms with Gasteiger partial charge in [0.2, 0.25) is 11.8 Å². The Labute approximate surface area is 129 Å². The average Bonchev–Trinajstić information content (AvgIpc) is 3.02. The number of thioether (sulfide) groups is 1. The number of nitrogens with zero attached hydrogens (tertiary/aromatic N) is 2. The van der Waals surface area contributed by atoms with Crippen LogP contribution in [0.1, 0.15) is 24.5 Å². The van der Waals surface area contributed by atoms with Crippen molar-refractivity contribution in [3.05, 3.63) is 35.4 Å². The zero-order chi connectivity index (χ0) is 14.8. The molecule has 0 bridgehead atoms. The third-order valence-electron chi connectivity index (χ3n) is 4.23. The van der Waals surface area contributed by atoms with Crippen LogP contribution in [0.4, 0.5) is 0 Å². The van der Waals surface area contributed by atoms with Crippen LogP contribution in [-0.2, 0) is 22.6 Å². The van der Waals surface area contributed by atoms with Crippen LogP contribution in [0.2, 0.25) is 0 Å². The second-order valence-electron chi connectivity index (χ2n) is 5.51. The first kappa shape index (κ1) is 14.4. The van der Waals surface area contributed by atoms with E-state index in [1.807, 2.05) is 24.0 Å². The van der Waals surface area contributed by atoms with Crippen LogP contribution in [-0.4, -0.2) is 45.8 Å². The highest BCUT2D eigenvalue weighted by Gasteiger charge is 2.37. The van der Waals surface area contributed by atoms with Crippen molar-refractivity contribution in [2.24, 2.45) is 0 Å². The molecule has 0 aliphatic carbocycles. The van der Waals surface area contributed by atoms with Gasteiger partial charge in [-0.2, -0.15) is 0 Å². The molecule has 2 amide bonds. The largest absolute Gasteiger partial charge is 0.336 e. The van der Waals surface area contributed by atoms with E-state index in [9.17, 15) is 9.59 Å². The fourth-order valence-electron chi connectivity index (χ4n) is 2.99. The van der Waals surface area contributed by atoms with Crippen molar-refractivity contribution in [1.82, 2.24) is 9.80 Å². The van der Waals surface area contributed by atoms with Gasteiger partial charge in [-0.25, -0.2) is 0 Å². The third kappa shape index (κ3) is 2.79. The van der Waals surface area contributed by atoms with Gasteiger partial charge in [-0.3, -0.25) is 9.59 Å². The van der Waals surface area contributed by atoms with Crippen LogP contribution in [0.25, 0.3) is 0 Å². The van der Waals surface area contributed by atoms with Crippen molar-refractivity contribution >= 4 is 23.6 Å². The molecule has 4 nitrogen and oxygen atoms in total. The molecule has 1 aromatic rings. The Bertz CT molecular complexity index is 561. The highest BCUT2D eigenvalue weighted by atomic mass is 32.2. The lowest BCUT2D eigenvalue weighted by Crippen LogP contribution is -2.50. The maximum absolute atomic E-state index is 12.8. The third-order valence-corrected chi connectivity index (χ3v) is 5.24. The fourth-order valence-corrected chi connectivity index (χ4v) is 4.16. The minimum absolute atomic E-state index is 0.0794. The Hall–Kier alpha value is -1.49. The summed E-state index contributed by atoms with van der Waals surface area (Å²) in [6.45, 7) is 3.28. The van der Waals surface area contributed by atoms with Gasteiger partial charge in [-0.1, -0.05) is 31.2 Å². The predicted octanol–water partition coefficient (Wildman–Crippen LogP) is 1.88. The molecular formula is C16H20N2O2S. The maximum atomic E-state index is 12.8. The molecule has 2 aliphatic rings. The van der Waals surface area contributed by atoms with Crippen LogP contribution < -0.4 is 0 Å². The quantitative estimate of drug-likeness (QED) is 0.838. The lowest BCUT2D eigenvalue weighted by Gasteiger charge is -2.33. The van der Waals surface area contributed by atoms with Gasteiger partial charge in [0, 0.05) is 25.3 Å². The molecule has 0 N–H and O–H groups in total. The second-order valence-corrected chi connectivity index (χ2v) is 6.51. The van der Waals surface area contributed by atoms with Gasteiger partial charge in [-0.15, -0.1) is 11.8 Å². The average molecular weight is 304 g/mol. The van der Waals surface area contributed by atoms with E-state index in [-0.39, 0.29) is 17.9 Å². The molecule has 0 saturated carbocycles. The molecule has 2 heterocycles. The number of amides is 2. The highest BCUT2D eigenvalue weighted by Crippen LogP contribution is 2.26. The van der Waals surface area contributed by atoms with Gasteiger partial charge in [-0.05, 0) is 17.5 Å². The zero-order valence-corrected chi connectivity index (χ0v) is 13.1. The van der Waals surface area contributed by atoms with Crippen molar-refractivity contribution < 1.29 is 9.59 Å². The molecule has 1 atom stereocenters. The molecule has 0 radical (unpaired) electrons. The van der Waals surface area contributed by atoms with Gasteiger partial charge in [0.1, 0.15) is 6.04 Å². The lowest BCUT2D eigenvalue weighted by molar-refractivity contribution is -0.143. The van der Waals surface area contributed by atoms with Gasteiger partial charge in [0.15, 0.2) is 0 Å². The number of rotatable bonds is 2. The van der Waals surface area contributed by atoms with Gasteiger partial charge in [0.05, 0.1) is 5.88 Å². The topological polar surface area (TPSA) is 40.6 Å². The molecule has 1 aromatic carbocycles. The van der Waals surface area contributed by atoms with Crippen molar-refractivity contribution in [3.8, 4) is 0 Å². The van der Waals surface area contributed by atoms with Gasteiger partial charge >= 0.3 is 0 Å². The number of benzene rings is 1. The Balaban J connectivity index is 1.73. The van der Waals surface area contributed by atoms with Crippen molar-refractivity contribution in [1.29, 1.82) is 0 Å². The van der Waals surface area contributed by atoms with Crippen LogP contribution in [0, 0.1) is 0 Å². The zero-order valence-electron chi connectivity index (χ0n) is 12.2. The van der Waals surface area contributed by atoms with E-state index in [1.165, 1.54) is 11.1 Å². The number of hydrogen-bond donors (Lipinski definition) is 0. The normalized spacial score (nSPS) is 21.3. The summed E-state index contributed by atoms with van der Waals surface area (Å²) in [5.74, 6) is 1.56. The molecular weight excluding hydrogens is 284 g/mol. The monoisotopic (exact) mass is 304 g/mol. The molecule has 3 rings (SSSR count). The summed E-state index contributed by atoms with van der Waals surface area (Å²) in [6, 6.07) is 8.02. The molecule has 5 heteroatoms. The first-order valence-corrected chi connectivity index (χ1v) is 8.59. The minimum Gasteiger partial charge on any atom is -0.336 e. The maximum Gasteiger partial charge on any atom is 0.246 e. The van der Waals surface area contributed by atoms with Crippen LogP contribution in [0.15, 0.2) is 24.3 Å². The van der Waals surface area contributed by atoms with E-state index in [2.05, 4.69) is 12.1 Å². The summed E-state index contributed by atoms with van der Waals surface area (Å²) in [5.41, 5.74) is 2.57. The van der Waals surface area contributed by atoms with Crippen LogP contribution in [0.3, 0.4) is 0 Å². The summed E-state index contributed by atoms with van der Waals surface area (Å²) in [4.78, 5) is 28.4. The van der Waals surface area contributed by atoms with Gasteiger partial charge < -0.3 is 9.80 Å². The van der Waals surface area contributed by atoms with E-state index < -0.39 is 0 Å². The van der Waals surface area contributed by atoms with Crippen molar-refractivity contribution in [3.63, 3.8) is 0 Å². The Morgan fingerprint density at radius 2 is 2.05 bits per heavy atom. The standard InChI is InChI=1S/C16H20N2O2S/c1-2-15(19)18-11-21-10-14(18)16(20)17-8-7-12-5-3-4-6-13(12)9-17/h3-6,14H,2,7-11H2,1H3/t14-/m1/s1. The summed E-state index contributed by atoms with van der Waals surface area (Å²) in [7, 11) is 0. The number of carbonyl (C=O) groups is 2.